The van der Waals surface area contributed by atoms with Gasteiger partial charge in [-0.2, -0.15) is 0 Å². The van der Waals surface area contributed by atoms with Gasteiger partial charge in [-0.1, -0.05) is 45.9 Å². The smallest absolute Gasteiger partial charge is 0.350 e. The van der Waals surface area contributed by atoms with Crippen LogP contribution in [0.2, 0.25) is 0 Å². The van der Waals surface area contributed by atoms with Crippen molar-refractivity contribution < 1.29 is 4.92 Å². The zero-order chi connectivity index (χ0) is 19.6. The highest BCUT2D eigenvalue weighted by Gasteiger charge is 2.33. The molecule has 0 aliphatic carbocycles. The molecule has 0 fully saturated rings. The van der Waals surface area contributed by atoms with Gasteiger partial charge in [-0.05, 0) is 29.9 Å². The van der Waals surface area contributed by atoms with Crippen LogP contribution in [0.25, 0.3) is 0 Å². The topological polar surface area (TPSA) is 75.4 Å². The Morgan fingerprint density at radius 3 is 2.44 bits per heavy atom. The fraction of sp³-hybridized carbons (Fsp3) is 0.500. The maximum Gasteiger partial charge on any atom is 0.353 e. The molecule has 27 heavy (non-hydrogen) atoms. The van der Waals surface area contributed by atoms with Crippen molar-refractivity contribution in [3.05, 3.63) is 46.3 Å². The maximum atomic E-state index is 12.1. The van der Waals surface area contributed by atoms with Gasteiger partial charge in [0.25, 0.3) is 0 Å². The summed E-state index contributed by atoms with van der Waals surface area (Å²) in [5, 5.41) is 12.1. The molecule has 0 spiro atoms. The number of nitro groups is 1. The molecule has 1 aliphatic heterocycles. The Balaban J connectivity index is 2.09. The predicted octanol–water partition coefficient (Wildman–Crippen LogP) is 4.20. The molecule has 0 atom stereocenters. The van der Waals surface area contributed by atoms with E-state index >= 15 is 0 Å². The molecule has 1 aliphatic rings. The molecule has 0 bridgehead atoms. The van der Waals surface area contributed by atoms with Crippen molar-refractivity contribution >= 4 is 23.0 Å². The van der Waals surface area contributed by atoms with Gasteiger partial charge in [0.1, 0.15) is 6.33 Å². The zero-order valence-corrected chi connectivity index (χ0v) is 16.4. The van der Waals surface area contributed by atoms with E-state index in [1.807, 2.05) is 28.0 Å². The number of hydrogen-bond acceptors (Lipinski definition) is 6. The summed E-state index contributed by atoms with van der Waals surface area (Å²) >= 11 is 0. The van der Waals surface area contributed by atoms with Crippen molar-refractivity contribution in [3.63, 3.8) is 0 Å². The van der Waals surface area contributed by atoms with Gasteiger partial charge in [-0.15, -0.1) is 0 Å². The summed E-state index contributed by atoms with van der Waals surface area (Å²) < 4.78 is 0. The molecule has 2 aromatic rings. The molecular formula is C20H27N5O2. The number of benzene rings is 1. The zero-order valence-electron chi connectivity index (χ0n) is 16.4. The number of nitrogens with zero attached hydrogens (tertiary/aromatic N) is 5. The van der Waals surface area contributed by atoms with Gasteiger partial charge in [0, 0.05) is 25.3 Å². The molecule has 2 heterocycles. The molecule has 144 valence electrons. The first-order chi connectivity index (χ1) is 12.9. The lowest BCUT2D eigenvalue weighted by molar-refractivity contribution is -0.383. The third-order valence-corrected chi connectivity index (χ3v) is 4.58. The van der Waals surface area contributed by atoms with Crippen LogP contribution >= 0.6 is 0 Å². The van der Waals surface area contributed by atoms with Gasteiger partial charge >= 0.3 is 5.69 Å². The molecule has 0 saturated carbocycles. The van der Waals surface area contributed by atoms with Crippen LogP contribution < -0.4 is 9.80 Å². The molecule has 0 N–H and O–H groups in total. The number of aromatic nitrogens is 2. The summed E-state index contributed by atoms with van der Waals surface area (Å²) in [5.41, 5.74) is 2.17. The molecule has 0 saturated heterocycles. The summed E-state index contributed by atoms with van der Waals surface area (Å²) in [6.07, 6.45) is 2.31. The Bertz CT molecular complexity index is 812. The van der Waals surface area contributed by atoms with Crippen LogP contribution in [0.4, 0.5) is 23.0 Å². The van der Waals surface area contributed by atoms with E-state index in [4.69, 9.17) is 0 Å². The van der Waals surface area contributed by atoms with Gasteiger partial charge in [0.2, 0.25) is 11.6 Å². The number of fused-ring (bicyclic) bond motifs is 1. The SMILES string of the molecule is CC(C)CN(CC(C)C)c1ncnc(N2CCc3ccccc32)c1[N+](=O)[O-]. The van der Waals surface area contributed by atoms with Crippen LogP contribution in [-0.4, -0.2) is 34.5 Å². The van der Waals surface area contributed by atoms with Crippen molar-refractivity contribution in [1.29, 1.82) is 0 Å². The second-order valence-corrected chi connectivity index (χ2v) is 7.85. The minimum Gasteiger partial charge on any atom is -0.350 e. The molecular weight excluding hydrogens is 342 g/mol. The van der Waals surface area contributed by atoms with Gasteiger partial charge in [0.05, 0.1) is 4.92 Å². The summed E-state index contributed by atoms with van der Waals surface area (Å²) in [5.74, 6) is 1.54. The largest absolute Gasteiger partial charge is 0.353 e. The summed E-state index contributed by atoms with van der Waals surface area (Å²) in [7, 11) is 0. The van der Waals surface area contributed by atoms with Crippen LogP contribution in [0.1, 0.15) is 33.3 Å². The monoisotopic (exact) mass is 369 g/mol. The second kappa shape index (κ2) is 7.90. The van der Waals surface area contributed by atoms with Crippen LogP contribution in [-0.2, 0) is 6.42 Å². The fourth-order valence-electron chi connectivity index (χ4n) is 3.64. The van der Waals surface area contributed by atoms with Gasteiger partial charge in [-0.25, -0.2) is 9.97 Å². The van der Waals surface area contributed by atoms with Gasteiger partial charge in [0.15, 0.2) is 0 Å². The number of para-hydroxylation sites is 1. The standard InChI is InChI=1S/C20H27N5O2/c1-14(2)11-23(12-15(3)4)19-18(25(26)27)20(22-13-21-19)24-10-9-16-7-5-6-8-17(16)24/h5-8,13-15H,9-12H2,1-4H3. The van der Waals surface area contributed by atoms with Crippen molar-refractivity contribution in [1.82, 2.24) is 9.97 Å². The Morgan fingerprint density at radius 1 is 1.15 bits per heavy atom. The molecule has 7 nitrogen and oxygen atoms in total. The number of anilines is 3. The van der Waals surface area contributed by atoms with Gasteiger partial charge in [-0.3, -0.25) is 10.1 Å². The lowest BCUT2D eigenvalue weighted by atomic mass is 10.1. The Kier molecular flexibility index (Phi) is 5.58. The Hall–Kier alpha value is -2.70. The molecule has 0 unspecified atom stereocenters. The Labute approximate surface area is 160 Å². The fourth-order valence-corrected chi connectivity index (χ4v) is 3.64. The molecule has 7 heteroatoms. The first-order valence-electron chi connectivity index (χ1n) is 9.48. The average molecular weight is 369 g/mol. The van der Waals surface area contributed by atoms with E-state index in [-0.39, 0.29) is 10.6 Å². The highest BCUT2D eigenvalue weighted by Crippen LogP contribution is 2.41. The lowest BCUT2D eigenvalue weighted by Crippen LogP contribution is -2.33. The maximum absolute atomic E-state index is 12.1. The number of rotatable bonds is 7. The first kappa shape index (κ1) is 19.1. The summed E-state index contributed by atoms with van der Waals surface area (Å²) in [4.78, 5) is 24.4. The average Bonchev–Trinajstić information content (AvgIpc) is 3.03. The number of hydrogen-bond donors (Lipinski definition) is 0. The van der Waals surface area contributed by atoms with Crippen LogP contribution in [0.15, 0.2) is 30.6 Å². The highest BCUT2D eigenvalue weighted by molar-refractivity contribution is 5.78. The minimum atomic E-state index is -0.334. The van der Waals surface area contributed by atoms with E-state index in [1.165, 1.54) is 11.9 Å². The quantitative estimate of drug-likeness (QED) is 0.538. The van der Waals surface area contributed by atoms with E-state index < -0.39 is 0 Å². The van der Waals surface area contributed by atoms with E-state index in [0.29, 0.717) is 43.1 Å². The molecule has 3 rings (SSSR count). The molecule has 0 radical (unpaired) electrons. The van der Waals surface area contributed by atoms with E-state index in [9.17, 15) is 10.1 Å². The summed E-state index contributed by atoms with van der Waals surface area (Å²) in [6.45, 7) is 10.6. The molecule has 1 aromatic heterocycles. The van der Waals surface area contributed by atoms with Crippen LogP contribution in [0, 0.1) is 22.0 Å². The van der Waals surface area contributed by atoms with Crippen LogP contribution in [0.3, 0.4) is 0 Å². The van der Waals surface area contributed by atoms with E-state index in [1.54, 1.807) is 0 Å². The first-order valence-corrected chi connectivity index (χ1v) is 9.48. The highest BCUT2D eigenvalue weighted by atomic mass is 16.6. The third-order valence-electron chi connectivity index (χ3n) is 4.58. The van der Waals surface area contributed by atoms with Crippen LogP contribution in [0.5, 0.6) is 0 Å². The molecule has 0 amide bonds. The lowest BCUT2D eigenvalue weighted by Gasteiger charge is -2.28. The molecule has 1 aromatic carbocycles. The van der Waals surface area contributed by atoms with Crippen molar-refractivity contribution in [2.45, 2.75) is 34.1 Å². The van der Waals surface area contributed by atoms with Crippen molar-refractivity contribution in [2.24, 2.45) is 11.8 Å². The predicted molar refractivity (Wildman–Crippen MR) is 108 cm³/mol. The van der Waals surface area contributed by atoms with Crippen molar-refractivity contribution in [2.75, 3.05) is 29.4 Å². The minimum absolute atomic E-state index is 0.00416. The van der Waals surface area contributed by atoms with Crippen molar-refractivity contribution in [3.8, 4) is 0 Å². The second-order valence-electron chi connectivity index (χ2n) is 7.85. The van der Waals surface area contributed by atoms with Gasteiger partial charge < -0.3 is 9.80 Å². The summed E-state index contributed by atoms with van der Waals surface area (Å²) in [6, 6.07) is 8.00. The van der Waals surface area contributed by atoms with E-state index in [0.717, 1.165) is 12.1 Å². The normalized spacial score (nSPS) is 13.3. The third kappa shape index (κ3) is 4.02. The van der Waals surface area contributed by atoms with E-state index in [2.05, 4.69) is 43.7 Å². The Morgan fingerprint density at radius 2 is 1.81 bits per heavy atom.